The third-order valence-corrected chi connectivity index (χ3v) is 2.97. The summed E-state index contributed by atoms with van der Waals surface area (Å²) in [5, 5.41) is 2.69. The molecule has 6 nitrogen and oxygen atoms in total. The molecule has 0 bridgehead atoms. The molecule has 0 aliphatic carbocycles. The van der Waals surface area contributed by atoms with E-state index in [0.717, 1.165) is 5.52 Å². The van der Waals surface area contributed by atoms with Gasteiger partial charge in [0, 0.05) is 6.20 Å². The highest BCUT2D eigenvalue weighted by Gasteiger charge is 2.08. The van der Waals surface area contributed by atoms with Crippen LogP contribution in [-0.4, -0.2) is 27.1 Å². The average Bonchev–Trinajstić information content (AvgIpc) is 2.69. The van der Waals surface area contributed by atoms with Gasteiger partial charge in [0.2, 0.25) is 5.91 Å². The minimum atomic E-state index is -0.844. The van der Waals surface area contributed by atoms with E-state index in [-0.39, 0.29) is 5.75 Å². The highest BCUT2D eigenvalue weighted by Crippen LogP contribution is 2.17. The van der Waals surface area contributed by atoms with Crippen LogP contribution in [0.15, 0.2) is 35.7 Å². The van der Waals surface area contributed by atoms with Crippen molar-refractivity contribution in [2.24, 2.45) is 5.73 Å². The molecule has 3 amide bonds. The monoisotopic (exact) mass is 250 g/mol. The number of rotatable bonds is 3. The molecule has 2 aromatic heterocycles. The Labute approximate surface area is 101 Å². The minimum Gasteiger partial charge on any atom is -0.351 e. The number of carbonyl (C=O) groups is 2. The predicted molar refractivity (Wildman–Crippen MR) is 63.6 cm³/mol. The molecule has 3 N–H and O–H groups in total. The van der Waals surface area contributed by atoms with Crippen LogP contribution in [0.2, 0.25) is 0 Å². The number of fused-ring (bicyclic) bond motifs is 1. The number of nitrogens with one attached hydrogen (secondary N) is 1. The summed E-state index contributed by atoms with van der Waals surface area (Å²) >= 11 is 1.24. The van der Waals surface area contributed by atoms with Crippen molar-refractivity contribution in [3.8, 4) is 0 Å². The first-order valence-corrected chi connectivity index (χ1v) is 5.79. The van der Waals surface area contributed by atoms with E-state index in [1.165, 1.54) is 11.8 Å². The Morgan fingerprint density at radius 1 is 1.47 bits per heavy atom. The molecule has 2 aromatic rings. The molecule has 0 spiro atoms. The van der Waals surface area contributed by atoms with Gasteiger partial charge in [0.15, 0.2) is 5.16 Å². The Morgan fingerprint density at radius 2 is 2.29 bits per heavy atom. The topological polar surface area (TPSA) is 89.5 Å². The van der Waals surface area contributed by atoms with Gasteiger partial charge in [-0.15, -0.1) is 0 Å². The molecule has 0 saturated carbocycles. The molecule has 0 atom stereocenters. The molecule has 0 aromatic carbocycles. The first-order valence-electron chi connectivity index (χ1n) is 4.81. The van der Waals surface area contributed by atoms with Crippen LogP contribution in [-0.2, 0) is 4.79 Å². The Balaban J connectivity index is 2.04. The van der Waals surface area contributed by atoms with Crippen molar-refractivity contribution in [1.82, 2.24) is 14.7 Å². The van der Waals surface area contributed by atoms with Gasteiger partial charge in [0.1, 0.15) is 0 Å². The van der Waals surface area contributed by atoms with E-state index in [1.807, 2.05) is 34.1 Å². The number of carbonyl (C=O) groups excluding carboxylic acids is 2. The summed E-state index contributed by atoms with van der Waals surface area (Å²) in [6, 6.07) is 4.86. The van der Waals surface area contributed by atoms with Crippen LogP contribution >= 0.6 is 11.8 Å². The maximum atomic E-state index is 11.2. The van der Waals surface area contributed by atoms with E-state index < -0.39 is 11.9 Å². The quantitative estimate of drug-likeness (QED) is 0.781. The second kappa shape index (κ2) is 4.88. The summed E-state index contributed by atoms with van der Waals surface area (Å²) in [6.45, 7) is 0. The van der Waals surface area contributed by atoms with E-state index in [1.54, 1.807) is 6.20 Å². The summed E-state index contributed by atoms with van der Waals surface area (Å²) in [4.78, 5) is 25.8. The molecule has 0 saturated heterocycles. The number of hydrogen-bond acceptors (Lipinski definition) is 4. The molecule has 0 unspecified atom stereocenters. The molecule has 0 aliphatic heterocycles. The number of imide groups is 1. The van der Waals surface area contributed by atoms with Gasteiger partial charge in [-0.05, 0) is 12.1 Å². The van der Waals surface area contributed by atoms with Crippen molar-refractivity contribution in [2.75, 3.05) is 5.75 Å². The van der Waals surface area contributed by atoms with Crippen LogP contribution in [0.5, 0.6) is 0 Å². The minimum absolute atomic E-state index is 0.0942. The number of primary amides is 1. The number of imidazole rings is 1. The molecule has 7 heteroatoms. The first-order chi connectivity index (χ1) is 8.16. The van der Waals surface area contributed by atoms with Crippen LogP contribution in [0, 0.1) is 0 Å². The molecular weight excluding hydrogens is 240 g/mol. The second-order valence-corrected chi connectivity index (χ2v) is 4.18. The predicted octanol–water partition coefficient (Wildman–Crippen LogP) is 0.621. The lowest BCUT2D eigenvalue weighted by Gasteiger charge is -2.00. The third-order valence-electron chi connectivity index (χ3n) is 2.00. The fourth-order valence-electron chi connectivity index (χ4n) is 1.33. The summed E-state index contributed by atoms with van der Waals surface area (Å²) in [7, 11) is 0. The van der Waals surface area contributed by atoms with E-state index >= 15 is 0 Å². The number of hydrogen-bond donors (Lipinski definition) is 2. The van der Waals surface area contributed by atoms with Crippen LogP contribution < -0.4 is 11.1 Å². The largest absolute Gasteiger partial charge is 0.351 e. The SMILES string of the molecule is NC(=O)NC(=O)CSc1ncc2ccccn12. The lowest BCUT2D eigenvalue weighted by atomic mass is 10.4. The molecule has 0 aliphatic rings. The molecule has 2 heterocycles. The van der Waals surface area contributed by atoms with Crippen molar-refractivity contribution in [1.29, 1.82) is 0 Å². The lowest BCUT2D eigenvalue weighted by Crippen LogP contribution is -2.36. The number of thioether (sulfide) groups is 1. The normalized spacial score (nSPS) is 10.4. The van der Waals surface area contributed by atoms with Gasteiger partial charge in [-0.1, -0.05) is 17.8 Å². The lowest BCUT2D eigenvalue weighted by molar-refractivity contribution is -0.117. The fourth-order valence-corrected chi connectivity index (χ4v) is 2.09. The number of pyridine rings is 1. The molecule has 0 radical (unpaired) electrons. The van der Waals surface area contributed by atoms with Gasteiger partial charge < -0.3 is 5.73 Å². The highest BCUT2D eigenvalue weighted by molar-refractivity contribution is 7.99. The fraction of sp³-hybridized carbons (Fsp3) is 0.100. The van der Waals surface area contributed by atoms with E-state index in [4.69, 9.17) is 5.73 Å². The maximum Gasteiger partial charge on any atom is 0.318 e. The van der Waals surface area contributed by atoms with Gasteiger partial charge in [-0.2, -0.15) is 0 Å². The zero-order chi connectivity index (χ0) is 12.3. The zero-order valence-electron chi connectivity index (χ0n) is 8.79. The van der Waals surface area contributed by atoms with Crippen molar-refractivity contribution >= 4 is 29.2 Å². The molecule has 17 heavy (non-hydrogen) atoms. The second-order valence-electron chi connectivity index (χ2n) is 3.24. The van der Waals surface area contributed by atoms with Crippen LogP contribution in [0.1, 0.15) is 0 Å². The van der Waals surface area contributed by atoms with Crippen molar-refractivity contribution in [2.45, 2.75) is 5.16 Å². The summed E-state index contributed by atoms with van der Waals surface area (Å²) in [5.41, 5.74) is 5.78. The van der Waals surface area contributed by atoms with Crippen molar-refractivity contribution in [3.63, 3.8) is 0 Å². The van der Waals surface area contributed by atoms with Crippen molar-refractivity contribution < 1.29 is 9.59 Å². The summed E-state index contributed by atoms with van der Waals surface area (Å²) in [6.07, 6.45) is 3.57. The van der Waals surface area contributed by atoms with Gasteiger partial charge in [-0.25, -0.2) is 9.78 Å². The van der Waals surface area contributed by atoms with Gasteiger partial charge in [0.05, 0.1) is 17.5 Å². The Kier molecular flexibility index (Phi) is 3.29. The van der Waals surface area contributed by atoms with Crippen LogP contribution in [0.3, 0.4) is 0 Å². The standard InChI is InChI=1S/C10H10N4O2S/c11-9(16)13-8(15)6-17-10-12-5-7-3-1-2-4-14(7)10/h1-5H,6H2,(H3,11,13,15,16). The van der Waals surface area contributed by atoms with E-state index in [0.29, 0.717) is 5.16 Å². The average molecular weight is 250 g/mol. The molecule has 2 rings (SSSR count). The van der Waals surface area contributed by atoms with Gasteiger partial charge >= 0.3 is 6.03 Å². The van der Waals surface area contributed by atoms with Crippen molar-refractivity contribution in [3.05, 3.63) is 30.6 Å². The van der Waals surface area contributed by atoms with Crippen LogP contribution in [0.4, 0.5) is 4.79 Å². The number of nitrogens with zero attached hydrogens (tertiary/aromatic N) is 2. The van der Waals surface area contributed by atoms with Gasteiger partial charge in [-0.3, -0.25) is 14.5 Å². The zero-order valence-corrected chi connectivity index (χ0v) is 9.61. The molecular formula is C10H10N4O2S. The number of urea groups is 1. The third kappa shape index (κ3) is 2.76. The smallest absolute Gasteiger partial charge is 0.318 e. The maximum absolute atomic E-state index is 11.2. The van der Waals surface area contributed by atoms with E-state index in [9.17, 15) is 9.59 Å². The molecule has 0 fully saturated rings. The van der Waals surface area contributed by atoms with E-state index in [2.05, 4.69) is 4.98 Å². The Hall–Kier alpha value is -2.02. The Bertz CT molecular complexity index is 566. The Morgan fingerprint density at radius 3 is 3.06 bits per heavy atom. The number of amides is 3. The number of aromatic nitrogens is 2. The highest BCUT2D eigenvalue weighted by atomic mass is 32.2. The van der Waals surface area contributed by atoms with Crippen LogP contribution in [0.25, 0.3) is 5.52 Å². The van der Waals surface area contributed by atoms with Gasteiger partial charge in [0.25, 0.3) is 0 Å². The number of nitrogens with two attached hydrogens (primary N) is 1. The summed E-state index contributed by atoms with van der Waals surface area (Å²) < 4.78 is 1.86. The first kappa shape index (κ1) is 11.5. The summed E-state index contributed by atoms with van der Waals surface area (Å²) in [5.74, 6) is -0.341. The molecule has 88 valence electrons.